The number of H-pyrrole nitrogens is 1. The fourth-order valence-corrected chi connectivity index (χ4v) is 1.94. The third kappa shape index (κ3) is 2.61. The lowest BCUT2D eigenvalue weighted by atomic mass is 10.1. The zero-order valence-corrected chi connectivity index (χ0v) is 11.0. The minimum absolute atomic E-state index is 0.252. The van der Waals surface area contributed by atoms with Gasteiger partial charge in [-0.1, -0.05) is 12.1 Å². The van der Waals surface area contributed by atoms with Gasteiger partial charge in [-0.05, 0) is 23.8 Å². The first-order valence-electron chi connectivity index (χ1n) is 6.33. The fourth-order valence-electron chi connectivity index (χ4n) is 1.94. The lowest BCUT2D eigenvalue weighted by Crippen LogP contribution is -2.14. The zero-order valence-electron chi connectivity index (χ0n) is 11.0. The number of benzene rings is 1. The predicted molar refractivity (Wildman–Crippen MR) is 75.2 cm³/mol. The molecule has 0 amide bonds. The molecule has 0 radical (unpaired) electrons. The summed E-state index contributed by atoms with van der Waals surface area (Å²) in [5, 5.41) is 13.1. The van der Waals surface area contributed by atoms with Gasteiger partial charge in [0.25, 0.3) is 0 Å². The molecule has 0 fully saturated rings. The molecule has 3 rings (SSSR count). The fraction of sp³-hybridized carbons (Fsp3) is 0.154. The highest BCUT2D eigenvalue weighted by Crippen LogP contribution is 2.12. The van der Waals surface area contributed by atoms with E-state index < -0.39 is 5.69 Å². The summed E-state index contributed by atoms with van der Waals surface area (Å²) in [7, 11) is 0. The number of aromatic nitrogens is 4. The SMILES string of the molecule is NCc1ccc(CNc2ccc3n[nH]c(=O)n3n2)c(F)c1. The first-order valence-corrected chi connectivity index (χ1v) is 6.33. The lowest BCUT2D eigenvalue weighted by Gasteiger charge is -2.07. The van der Waals surface area contributed by atoms with Crippen LogP contribution >= 0.6 is 0 Å². The lowest BCUT2D eigenvalue weighted by molar-refractivity contribution is 0.610. The number of nitrogens with zero attached hydrogens (tertiary/aromatic N) is 3. The van der Waals surface area contributed by atoms with Crippen LogP contribution in [-0.2, 0) is 13.1 Å². The molecule has 7 nitrogen and oxygen atoms in total. The molecule has 0 aliphatic carbocycles. The topological polar surface area (TPSA) is 101 Å². The van der Waals surface area contributed by atoms with E-state index in [9.17, 15) is 9.18 Å². The van der Waals surface area contributed by atoms with Gasteiger partial charge in [0.1, 0.15) is 11.6 Å². The zero-order chi connectivity index (χ0) is 14.8. The van der Waals surface area contributed by atoms with Crippen molar-refractivity contribution in [1.82, 2.24) is 19.8 Å². The Morgan fingerprint density at radius 2 is 2.19 bits per heavy atom. The Labute approximate surface area is 118 Å². The number of aromatic amines is 1. The van der Waals surface area contributed by atoms with Crippen LogP contribution in [0, 0.1) is 5.82 Å². The van der Waals surface area contributed by atoms with Crippen molar-refractivity contribution >= 4 is 11.5 Å². The molecule has 108 valence electrons. The van der Waals surface area contributed by atoms with Crippen LogP contribution in [0.5, 0.6) is 0 Å². The number of anilines is 1. The van der Waals surface area contributed by atoms with Crippen molar-refractivity contribution in [3.63, 3.8) is 0 Å². The molecule has 3 aromatic rings. The van der Waals surface area contributed by atoms with E-state index >= 15 is 0 Å². The van der Waals surface area contributed by atoms with Crippen LogP contribution in [0.3, 0.4) is 0 Å². The van der Waals surface area contributed by atoms with Crippen molar-refractivity contribution in [3.8, 4) is 0 Å². The smallest absolute Gasteiger partial charge is 0.364 e. The maximum atomic E-state index is 13.8. The monoisotopic (exact) mass is 288 g/mol. The van der Waals surface area contributed by atoms with Crippen LogP contribution in [0.1, 0.15) is 11.1 Å². The largest absolute Gasteiger partial charge is 0.364 e. The van der Waals surface area contributed by atoms with Gasteiger partial charge in [0.2, 0.25) is 0 Å². The summed E-state index contributed by atoms with van der Waals surface area (Å²) >= 11 is 0. The molecule has 0 saturated heterocycles. The number of rotatable bonds is 4. The third-order valence-corrected chi connectivity index (χ3v) is 3.09. The van der Waals surface area contributed by atoms with E-state index in [1.807, 2.05) is 0 Å². The maximum Gasteiger partial charge on any atom is 0.364 e. The average molecular weight is 288 g/mol. The van der Waals surface area contributed by atoms with Gasteiger partial charge >= 0.3 is 5.69 Å². The van der Waals surface area contributed by atoms with Crippen LogP contribution in [0.15, 0.2) is 35.1 Å². The summed E-state index contributed by atoms with van der Waals surface area (Å²) in [5.41, 5.74) is 6.68. The number of hydrogen-bond donors (Lipinski definition) is 3. The van der Waals surface area contributed by atoms with E-state index in [1.165, 1.54) is 6.07 Å². The summed E-state index contributed by atoms with van der Waals surface area (Å²) in [4.78, 5) is 11.4. The van der Waals surface area contributed by atoms with Gasteiger partial charge in [-0.15, -0.1) is 5.10 Å². The highest BCUT2D eigenvalue weighted by molar-refractivity contribution is 5.43. The van der Waals surface area contributed by atoms with E-state index in [2.05, 4.69) is 20.6 Å². The van der Waals surface area contributed by atoms with Crippen molar-refractivity contribution in [2.24, 2.45) is 5.73 Å². The first-order chi connectivity index (χ1) is 10.2. The molecule has 2 heterocycles. The highest BCUT2D eigenvalue weighted by atomic mass is 19.1. The molecule has 0 aliphatic heterocycles. The van der Waals surface area contributed by atoms with E-state index in [4.69, 9.17) is 5.73 Å². The molecule has 0 bridgehead atoms. The Balaban J connectivity index is 1.79. The number of halogens is 1. The van der Waals surface area contributed by atoms with E-state index in [1.54, 1.807) is 24.3 Å². The number of fused-ring (bicyclic) bond motifs is 1. The minimum atomic E-state index is -0.424. The highest BCUT2D eigenvalue weighted by Gasteiger charge is 2.05. The maximum absolute atomic E-state index is 13.8. The summed E-state index contributed by atoms with van der Waals surface area (Å²) < 4.78 is 15.0. The standard InChI is InChI=1S/C13H13FN6O/c14-10-5-8(6-15)1-2-9(10)7-16-11-3-4-12-17-18-13(21)20(12)19-11/h1-5H,6-7,15H2,(H,16,19)(H,18,21). The van der Waals surface area contributed by atoms with Gasteiger partial charge in [0, 0.05) is 18.7 Å². The molecule has 0 aliphatic rings. The molecule has 2 aromatic heterocycles. The van der Waals surface area contributed by atoms with Crippen molar-refractivity contribution in [3.05, 3.63) is 57.8 Å². The second-order valence-corrected chi connectivity index (χ2v) is 4.50. The Bertz CT molecular complexity index is 840. The van der Waals surface area contributed by atoms with Crippen LogP contribution in [0.25, 0.3) is 5.65 Å². The Morgan fingerprint density at radius 1 is 1.33 bits per heavy atom. The predicted octanol–water partition coefficient (Wildman–Crippen LogP) is 0.627. The van der Waals surface area contributed by atoms with Crippen molar-refractivity contribution in [2.75, 3.05) is 5.32 Å². The van der Waals surface area contributed by atoms with E-state index in [0.717, 1.165) is 10.1 Å². The summed E-state index contributed by atoms with van der Waals surface area (Å²) in [6.45, 7) is 0.550. The molecule has 0 spiro atoms. The molecular formula is C13H13FN6O. The van der Waals surface area contributed by atoms with Gasteiger partial charge in [0.05, 0.1) is 0 Å². The van der Waals surface area contributed by atoms with Crippen molar-refractivity contribution < 1.29 is 4.39 Å². The molecule has 4 N–H and O–H groups in total. The van der Waals surface area contributed by atoms with E-state index in [-0.39, 0.29) is 12.4 Å². The number of nitrogens with two attached hydrogens (primary N) is 1. The van der Waals surface area contributed by atoms with Crippen LogP contribution in [-0.4, -0.2) is 19.8 Å². The Kier molecular flexibility index (Phi) is 3.36. The van der Waals surface area contributed by atoms with Gasteiger partial charge in [-0.2, -0.15) is 9.61 Å². The molecule has 0 unspecified atom stereocenters. The first kappa shape index (κ1) is 13.3. The van der Waals surface area contributed by atoms with E-state index in [0.29, 0.717) is 23.6 Å². The van der Waals surface area contributed by atoms with Crippen LogP contribution in [0.4, 0.5) is 10.2 Å². The number of nitrogens with one attached hydrogen (secondary N) is 2. The molecule has 8 heteroatoms. The molecule has 1 aromatic carbocycles. The Morgan fingerprint density at radius 3 is 2.95 bits per heavy atom. The van der Waals surface area contributed by atoms with Gasteiger partial charge < -0.3 is 11.1 Å². The van der Waals surface area contributed by atoms with Crippen LogP contribution in [0.2, 0.25) is 0 Å². The second kappa shape index (κ2) is 5.33. The van der Waals surface area contributed by atoms with Gasteiger partial charge in [0.15, 0.2) is 5.65 Å². The van der Waals surface area contributed by atoms with Gasteiger partial charge in [-0.3, -0.25) is 0 Å². The van der Waals surface area contributed by atoms with Crippen molar-refractivity contribution in [1.29, 1.82) is 0 Å². The second-order valence-electron chi connectivity index (χ2n) is 4.50. The molecule has 0 atom stereocenters. The van der Waals surface area contributed by atoms with Gasteiger partial charge in [-0.25, -0.2) is 14.3 Å². The molecule has 21 heavy (non-hydrogen) atoms. The third-order valence-electron chi connectivity index (χ3n) is 3.09. The van der Waals surface area contributed by atoms with Crippen LogP contribution < -0.4 is 16.7 Å². The average Bonchev–Trinajstić information content (AvgIpc) is 2.87. The minimum Gasteiger partial charge on any atom is -0.364 e. The van der Waals surface area contributed by atoms with Crippen molar-refractivity contribution in [2.45, 2.75) is 13.1 Å². The Hall–Kier alpha value is -2.74. The summed E-state index contributed by atoms with van der Waals surface area (Å²) in [6, 6.07) is 8.17. The quantitative estimate of drug-likeness (QED) is 0.653. The normalized spacial score (nSPS) is 11.0. The summed E-state index contributed by atoms with van der Waals surface area (Å²) in [5.74, 6) is 0.125. The number of hydrogen-bond acceptors (Lipinski definition) is 5. The molecule has 0 saturated carbocycles. The summed E-state index contributed by atoms with van der Waals surface area (Å²) in [6.07, 6.45) is 0. The molecular weight excluding hydrogens is 275 g/mol.